The average Bonchev–Trinajstić information content (AvgIpc) is 2.45. The van der Waals surface area contributed by atoms with Gasteiger partial charge in [-0.3, -0.25) is 9.48 Å². The van der Waals surface area contributed by atoms with Crippen molar-refractivity contribution in [1.82, 2.24) is 15.1 Å². The molecule has 0 aliphatic heterocycles. The summed E-state index contributed by atoms with van der Waals surface area (Å²) in [4.78, 5) is 10.5. The molecule has 0 atom stereocenters. The van der Waals surface area contributed by atoms with Gasteiger partial charge in [-0.05, 0) is 12.1 Å². The van der Waals surface area contributed by atoms with Crippen molar-refractivity contribution in [1.29, 1.82) is 0 Å². The molecule has 0 spiro atoms. The van der Waals surface area contributed by atoms with Gasteiger partial charge in [0.1, 0.15) is 0 Å². The molecule has 13 heavy (non-hydrogen) atoms. The summed E-state index contributed by atoms with van der Waals surface area (Å²) < 4.78 is 1.77. The van der Waals surface area contributed by atoms with Gasteiger partial charge in [0.2, 0.25) is 5.91 Å². The first-order chi connectivity index (χ1) is 6.20. The number of carbonyl (C=O) groups excluding carboxylic acids is 1. The van der Waals surface area contributed by atoms with Gasteiger partial charge >= 0.3 is 0 Å². The van der Waals surface area contributed by atoms with Crippen LogP contribution in [-0.2, 0) is 11.8 Å². The lowest BCUT2D eigenvalue weighted by atomic mass is 10.4. The van der Waals surface area contributed by atoms with E-state index in [-0.39, 0.29) is 5.91 Å². The zero-order chi connectivity index (χ0) is 9.68. The van der Waals surface area contributed by atoms with Crippen molar-refractivity contribution < 1.29 is 4.79 Å². The smallest absolute Gasteiger partial charge is 0.217 e. The number of rotatable bonds is 3. The number of carbonyl (C=O) groups is 1. The van der Waals surface area contributed by atoms with Crippen molar-refractivity contribution in [3.8, 4) is 0 Å². The maximum absolute atomic E-state index is 10.5. The van der Waals surface area contributed by atoms with E-state index in [0.717, 1.165) is 5.69 Å². The third kappa shape index (κ3) is 3.11. The number of nitrogens with one attached hydrogen (secondary N) is 1. The lowest BCUT2D eigenvalue weighted by molar-refractivity contribution is -0.118. The Morgan fingerprint density at radius 2 is 2.54 bits per heavy atom. The largest absolute Gasteiger partial charge is 0.353 e. The Morgan fingerprint density at radius 1 is 1.77 bits per heavy atom. The molecule has 1 N–H and O–H groups in total. The van der Waals surface area contributed by atoms with Gasteiger partial charge in [-0.1, -0.05) is 6.08 Å². The van der Waals surface area contributed by atoms with Crippen LogP contribution in [0.5, 0.6) is 0 Å². The monoisotopic (exact) mass is 179 g/mol. The minimum atomic E-state index is -0.0188. The summed E-state index contributed by atoms with van der Waals surface area (Å²) in [5, 5.41) is 6.68. The molecule has 0 aromatic carbocycles. The number of nitrogens with zero attached hydrogens (tertiary/aromatic N) is 2. The molecule has 1 heterocycles. The summed E-state index contributed by atoms with van der Waals surface area (Å²) in [5.74, 6) is -0.0188. The maximum atomic E-state index is 10.5. The number of aromatic nitrogens is 2. The Labute approximate surface area is 77.3 Å². The Morgan fingerprint density at radius 3 is 3.08 bits per heavy atom. The lowest BCUT2D eigenvalue weighted by Gasteiger charge is -1.95. The first-order valence-electron chi connectivity index (χ1n) is 4.09. The standard InChI is InChI=1S/C9H13N3O/c1-8(13)10-6-3-4-9-5-7-11-12(9)2/h3-5,7H,6H2,1-2H3,(H,10,13). The van der Waals surface area contributed by atoms with Crippen molar-refractivity contribution >= 4 is 12.0 Å². The van der Waals surface area contributed by atoms with Gasteiger partial charge in [0.25, 0.3) is 0 Å². The fraction of sp³-hybridized carbons (Fsp3) is 0.333. The van der Waals surface area contributed by atoms with Crippen LogP contribution in [0.25, 0.3) is 6.08 Å². The third-order valence-electron chi connectivity index (χ3n) is 1.62. The van der Waals surface area contributed by atoms with Crippen LogP contribution in [0.1, 0.15) is 12.6 Å². The molecule has 0 saturated heterocycles. The van der Waals surface area contributed by atoms with E-state index in [1.165, 1.54) is 6.92 Å². The Balaban J connectivity index is 2.41. The molecule has 0 bridgehead atoms. The maximum Gasteiger partial charge on any atom is 0.217 e. The minimum absolute atomic E-state index is 0.0188. The summed E-state index contributed by atoms with van der Waals surface area (Å²) >= 11 is 0. The Hall–Kier alpha value is -1.58. The predicted molar refractivity (Wildman–Crippen MR) is 50.9 cm³/mol. The molecular weight excluding hydrogens is 166 g/mol. The van der Waals surface area contributed by atoms with Crippen molar-refractivity contribution in [2.24, 2.45) is 7.05 Å². The van der Waals surface area contributed by atoms with Gasteiger partial charge in [0.15, 0.2) is 0 Å². The van der Waals surface area contributed by atoms with Crippen LogP contribution in [0.3, 0.4) is 0 Å². The highest BCUT2D eigenvalue weighted by Crippen LogP contribution is 1.97. The number of hydrogen-bond acceptors (Lipinski definition) is 2. The SMILES string of the molecule is CC(=O)NCC=Cc1ccnn1C. The van der Waals surface area contributed by atoms with Crippen LogP contribution in [0.15, 0.2) is 18.3 Å². The highest BCUT2D eigenvalue weighted by atomic mass is 16.1. The van der Waals surface area contributed by atoms with E-state index in [4.69, 9.17) is 0 Å². The molecule has 0 unspecified atom stereocenters. The molecular formula is C9H13N3O. The van der Waals surface area contributed by atoms with E-state index < -0.39 is 0 Å². The summed E-state index contributed by atoms with van der Waals surface area (Å²) in [5.41, 5.74) is 1.02. The molecule has 1 rings (SSSR count). The second-order valence-electron chi connectivity index (χ2n) is 2.72. The van der Waals surface area contributed by atoms with Gasteiger partial charge in [-0.2, -0.15) is 5.10 Å². The molecule has 70 valence electrons. The molecule has 0 radical (unpaired) electrons. The van der Waals surface area contributed by atoms with E-state index in [0.29, 0.717) is 6.54 Å². The van der Waals surface area contributed by atoms with Crippen LogP contribution in [-0.4, -0.2) is 22.2 Å². The molecule has 1 aromatic heterocycles. The number of hydrogen-bond donors (Lipinski definition) is 1. The first kappa shape index (κ1) is 9.51. The van der Waals surface area contributed by atoms with Crippen molar-refractivity contribution in [2.45, 2.75) is 6.92 Å². The summed E-state index contributed by atoms with van der Waals surface area (Å²) in [7, 11) is 1.87. The molecule has 4 nitrogen and oxygen atoms in total. The van der Waals surface area contributed by atoms with Crippen molar-refractivity contribution in [3.05, 3.63) is 24.0 Å². The van der Waals surface area contributed by atoms with Crippen LogP contribution in [0, 0.1) is 0 Å². The van der Waals surface area contributed by atoms with Gasteiger partial charge in [-0.15, -0.1) is 0 Å². The minimum Gasteiger partial charge on any atom is -0.353 e. The zero-order valence-electron chi connectivity index (χ0n) is 7.82. The first-order valence-corrected chi connectivity index (χ1v) is 4.09. The van der Waals surface area contributed by atoms with Gasteiger partial charge in [0, 0.05) is 26.7 Å². The number of amides is 1. The van der Waals surface area contributed by atoms with Gasteiger partial charge in [-0.25, -0.2) is 0 Å². The second kappa shape index (κ2) is 4.45. The van der Waals surface area contributed by atoms with Crippen LogP contribution < -0.4 is 5.32 Å². The fourth-order valence-corrected chi connectivity index (χ4v) is 0.930. The van der Waals surface area contributed by atoms with Crippen molar-refractivity contribution in [3.63, 3.8) is 0 Å². The highest BCUT2D eigenvalue weighted by Gasteiger charge is 1.91. The van der Waals surface area contributed by atoms with E-state index in [1.807, 2.05) is 25.3 Å². The molecule has 0 saturated carbocycles. The predicted octanol–water partition coefficient (Wildman–Crippen LogP) is 0.569. The molecule has 0 aliphatic rings. The fourth-order valence-electron chi connectivity index (χ4n) is 0.930. The van der Waals surface area contributed by atoms with E-state index >= 15 is 0 Å². The topological polar surface area (TPSA) is 46.9 Å². The number of aryl methyl sites for hydroxylation is 1. The Bertz CT molecular complexity index is 314. The van der Waals surface area contributed by atoms with Gasteiger partial charge in [0.05, 0.1) is 5.69 Å². The molecule has 4 heteroatoms. The quantitative estimate of drug-likeness (QED) is 0.737. The van der Waals surface area contributed by atoms with Crippen LogP contribution >= 0.6 is 0 Å². The second-order valence-corrected chi connectivity index (χ2v) is 2.72. The van der Waals surface area contributed by atoms with Crippen LogP contribution in [0.4, 0.5) is 0 Å². The van der Waals surface area contributed by atoms with E-state index in [1.54, 1.807) is 10.9 Å². The van der Waals surface area contributed by atoms with Crippen molar-refractivity contribution in [2.75, 3.05) is 6.54 Å². The average molecular weight is 179 g/mol. The lowest BCUT2D eigenvalue weighted by Crippen LogP contribution is -2.19. The van der Waals surface area contributed by atoms with Gasteiger partial charge < -0.3 is 5.32 Å². The Kier molecular flexibility index (Phi) is 3.25. The highest BCUT2D eigenvalue weighted by molar-refractivity contribution is 5.73. The zero-order valence-corrected chi connectivity index (χ0v) is 7.82. The van der Waals surface area contributed by atoms with Crippen LogP contribution in [0.2, 0.25) is 0 Å². The molecule has 0 aliphatic carbocycles. The summed E-state index contributed by atoms with van der Waals surface area (Å²) in [6.07, 6.45) is 5.54. The molecule has 0 fully saturated rings. The molecule has 1 amide bonds. The van der Waals surface area contributed by atoms with E-state index in [9.17, 15) is 4.79 Å². The normalized spacial score (nSPS) is 10.6. The summed E-state index contributed by atoms with van der Waals surface area (Å²) in [6.45, 7) is 2.05. The third-order valence-corrected chi connectivity index (χ3v) is 1.62. The summed E-state index contributed by atoms with van der Waals surface area (Å²) in [6, 6.07) is 1.91. The van der Waals surface area contributed by atoms with E-state index in [2.05, 4.69) is 10.4 Å². The molecule has 1 aromatic rings.